The van der Waals surface area contributed by atoms with E-state index in [-0.39, 0.29) is 16.6 Å². The molecular formula is C14H12ClF3N6O2. The third kappa shape index (κ3) is 4.30. The molecule has 0 atom stereocenters. The number of allylic oxidation sites excluding steroid dienone is 2. The summed E-state index contributed by atoms with van der Waals surface area (Å²) < 4.78 is 43.5. The number of aromatic nitrogens is 1. The van der Waals surface area contributed by atoms with Crippen molar-refractivity contribution in [2.75, 3.05) is 12.4 Å². The molecule has 26 heavy (non-hydrogen) atoms. The van der Waals surface area contributed by atoms with Crippen LogP contribution in [0.5, 0.6) is 5.75 Å². The van der Waals surface area contributed by atoms with Crippen molar-refractivity contribution in [3.63, 3.8) is 0 Å². The molecule has 1 aliphatic heterocycles. The van der Waals surface area contributed by atoms with Gasteiger partial charge in [-0.3, -0.25) is 10.2 Å². The zero-order valence-corrected chi connectivity index (χ0v) is 13.9. The number of nitrogens with two attached hydrogens (primary N) is 1. The minimum Gasteiger partial charge on any atom is -0.494 e. The van der Waals surface area contributed by atoms with E-state index < -0.39 is 35.0 Å². The van der Waals surface area contributed by atoms with Gasteiger partial charge >= 0.3 is 6.18 Å². The van der Waals surface area contributed by atoms with Crippen molar-refractivity contribution >= 4 is 35.2 Å². The van der Waals surface area contributed by atoms with E-state index in [1.54, 1.807) is 0 Å². The smallest absolute Gasteiger partial charge is 0.431 e. The Kier molecular flexibility index (Phi) is 5.50. The summed E-state index contributed by atoms with van der Waals surface area (Å²) >= 11 is 5.72. The average molecular weight is 389 g/mol. The van der Waals surface area contributed by atoms with Crippen LogP contribution in [0.2, 0.25) is 5.15 Å². The first-order valence-corrected chi connectivity index (χ1v) is 7.19. The highest BCUT2D eigenvalue weighted by atomic mass is 35.5. The lowest BCUT2D eigenvalue weighted by Gasteiger charge is -2.19. The summed E-state index contributed by atoms with van der Waals surface area (Å²) in [4.78, 5) is 19.9. The zero-order valence-electron chi connectivity index (χ0n) is 13.1. The Morgan fingerprint density at radius 2 is 2.15 bits per heavy atom. The van der Waals surface area contributed by atoms with E-state index in [0.717, 1.165) is 6.21 Å². The first kappa shape index (κ1) is 19.2. The van der Waals surface area contributed by atoms with Gasteiger partial charge in [0, 0.05) is 12.3 Å². The molecule has 8 nitrogen and oxygen atoms in total. The van der Waals surface area contributed by atoms with Crippen LogP contribution < -0.4 is 21.1 Å². The number of ether oxygens (including phenoxy) is 1. The van der Waals surface area contributed by atoms with E-state index in [2.05, 4.69) is 15.3 Å². The minimum atomic E-state index is -4.70. The van der Waals surface area contributed by atoms with E-state index in [1.807, 2.05) is 5.32 Å². The SMILES string of the molecule is COc1cc(Cl)ncc1NC(=O)/C(C(=N)N)=C1/N=CC=C(C(F)(F)F)N1. The van der Waals surface area contributed by atoms with Crippen LogP contribution in [0.15, 0.2) is 40.4 Å². The van der Waals surface area contributed by atoms with Crippen LogP contribution >= 0.6 is 11.6 Å². The van der Waals surface area contributed by atoms with Crippen LogP contribution in [0.3, 0.4) is 0 Å². The van der Waals surface area contributed by atoms with Gasteiger partial charge in [-0.25, -0.2) is 9.98 Å². The van der Waals surface area contributed by atoms with Crippen molar-refractivity contribution in [3.05, 3.63) is 40.6 Å². The molecule has 2 rings (SSSR count). The van der Waals surface area contributed by atoms with Crippen LogP contribution in [-0.4, -0.2) is 36.2 Å². The number of aliphatic imine (C=N–C) groups is 1. The molecule has 1 amide bonds. The average Bonchev–Trinajstić information content (AvgIpc) is 2.55. The second kappa shape index (κ2) is 7.44. The Hall–Kier alpha value is -3.08. The summed E-state index contributed by atoms with van der Waals surface area (Å²) in [5.41, 5.74) is 3.69. The number of halogens is 4. The fraction of sp³-hybridized carbons (Fsp3) is 0.143. The van der Waals surface area contributed by atoms with E-state index in [9.17, 15) is 18.0 Å². The van der Waals surface area contributed by atoms with Gasteiger partial charge in [0.1, 0.15) is 39.5 Å². The number of methoxy groups -OCH3 is 1. The molecule has 0 radical (unpaired) electrons. The summed E-state index contributed by atoms with van der Waals surface area (Å²) in [6, 6.07) is 1.32. The maximum absolute atomic E-state index is 12.8. The summed E-state index contributed by atoms with van der Waals surface area (Å²) in [5.74, 6) is -2.14. The van der Waals surface area contributed by atoms with Gasteiger partial charge in [0.2, 0.25) is 0 Å². The van der Waals surface area contributed by atoms with Crippen LogP contribution in [0, 0.1) is 5.41 Å². The summed E-state index contributed by atoms with van der Waals surface area (Å²) in [7, 11) is 1.32. The monoisotopic (exact) mass is 388 g/mol. The number of nitrogens with zero attached hydrogens (tertiary/aromatic N) is 2. The number of amides is 1. The van der Waals surface area contributed by atoms with Crippen molar-refractivity contribution in [1.82, 2.24) is 10.3 Å². The van der Waals surface area contributed by atoms with Gasteiger partial charge in [0.15, 0.2) is 0 Å². The second-order valence-electron chi connectivity index (χ2n) is 4.78. The number of hydrogen-bond acceptors (Lipinski definition) is 6. The van der Waals surface area contributed by atoms with Crippen molar-refractivity contribution < 1.29 is 22.7 Å². The Bertz CT molecular complexity index is 848. The van der Waals surface area contributed by atoms with Gasteiger partial charge < -0.3 is 21.1 Å². The quantitative estimate of drug-likeness (QED) is 0.271. The topological polar surface area (TPSA) is 125 Å². The van der Waals surface area contributed by atoms with Crippen LogP contribution in [0.4, 0.5) is 18.9 Å². The molecule has 12 heteroatoms. The Labute approximate surface area is 150 Å². The minimum absolute atomic E-state index is 0.0765. The summed E-state index contributed by atoms with van der Waals surface area (Å²) in [5, 5.41) is 11.9. The van der Waals surface area contributed by atoms with Crippen LogP contribution in [0.1, 0.15) is 0 Å². The number of rotatable bonds is 4. The normalized spacial score (nSPS) is 15.7. The lowest BCUT2D eigenvalue weighted by molar-refractivity contribution is -0.112. The first-order valence-electron chi connectivity index (χ1n) is 6.81. The number of carbonyl (C=O) groups is 1. The van der Waals surface area contributed by atoms with Gasteiger partial charge in [-0.1, -0.05) is 11.6 Å². The number of alkyl halides is 3. The Morgan fingerprint density at radius 3 is 2.73 bits per heavy atom. The Balaban J connectivity index is 2.37. The molecule has 0 fully saturated rings. The third-order valence-electron chi connectivity index (χ3n) is 3.04. The molecule has 1 aliphatic rings. The first-order chi connectivity index (χ1) is 12.1. The molecular weight excluding hydrogens is 377 g/mol. The molecule has 0 spiro atoms. The summed E-state index contributed by atoms with van der Waals surface area (Å²) in [6.07, 6.45) is -1.99. The molecule has 1 aromatic rings. The Morgan fingerprint density at radius 1 is 1.46 bits per heavy atom. The predicted octanol–water partition coefficient (Wildman–Crippen LogP) is 1.95. The molecule has 2 heterocycles. The molecule has 0 unspecified atom stereocenters. The second-order valence-corrected chi connectivity index (χ2v) is 5.17. The van der Waals surface area contributed by atoms with Crippen LogP contribution in [0.25, 0.3) is 0 Å². The highest BCUT2D eigenvalue weighted by Crippen LogP contribution is 2.28. The maximum Gasteiger partial charge on any atom is 0.431 e. The fourth-order valence-corrected chi connectivity index (χ4v) is 2.05. The van der Waals surface area contributed by atoms with Gasteiger partial charge in [-0.15, -0.1) is 0 Å². The van der Waals surface area contributed by atoms with Gasteiger partial charge in [-0.05, 0) is 6.08 Å². The number of nitrogens with one attached hydrogen (secondary N) is 3. The molecule has 1 aromatic heterocycles. The molecule has 138 valence electrons. The molecule has 5 N–H and O–H groups in total. The van der Waals surface area contributed by atoms with Crippen molar-refractivity contribution in [3.8, 4) is 5.75 Å². The van der Waals surface area contributed by atoms with E-state index in [1.165, 1.54) is 19.4 Å². The molecule has 0 bridgehead atoms. The zero-order chi connectivity index (χ0) is 19.5. The van der Waals surface area contributed by atoms with E-state index in [0.29, 0.717) is 6.08 Å². The van der Waals surface area contributed by atoms with Crippen molar-refractivity contribution in [2.45, 2.75) is 6.18 Å². The highest BCUT2D eigenvalue weighted by molar-refractivity contribution is 6.29. The standard InChI is InChI=1S/C14H12ClF3N6O2/c1-26-7-4-9(15)22-5-6(7)23-13(25)10(11(19)20)12-21-3-2-8(24-12)14(16,17)18/h2-5,24H,1H3,(H3,19,20)(H,23,25)/b12-10-. The number of anilines is 1. The molecule has 0 aromatic carbocycles. The predicted molar refractivity (Wildman–Crippen MR) is 89.1 cm³/mol. The number of carbonyl (C=O) groups excluding carboxylic acids is 1. The van der Waals surface area contributed by atoms with Gasteiger partial charge in [-0.2, -0.15) is 13.2 Å². The molecule has 0 saturated carbocycles. The summed E-state index contributed by atoms with van der Waals surface area (Å²) in [6.45, 7) is 0. The van der Waals surface area contributed by atoms with Gasteiger partial charge in [0.05, 0.1) is 13.3 Å². The number of hydrogen-bond donors (Lipinski definition) is 4. The number of amidine groups is 1. The maximum atomic E-state index is 12.8. The molecule has 0 saturated heterocycles. The van der Waals surface area contributed by atoms with E-state index >= 15 is 0 Å². The molecule has 0 aliphatic carbocycles. The van der Waals surface area contributed by atoms with Crippen molar-refractivity contribution in [1.29, 1.82) is 5.41 Å². The third-order valence-corrected chi connectivity index (χ3v) is 3.24. The fourth-order valence-electron chi connectivity index (χ4n) is 1.90. The number of pyridine rings is 1. The van der Waals surface area contributed by atoms with Crippen molar-refractivity contribution in [2.24, 2.45) is 10.7 Å². The largest absolute Gasteiger partial charge is 0.494 e. The lowest BCUT2D eigenvalue weighted by atomic mass is 10.2. The van der Waals surface area contributed by atoms with E-state index in [4.69, 9.17) is 27.5 Å². The lowest BCUT2D eigenvalue weighted by Crippen LogP contribution is -2.34. The van der Waals surface area contributed by atoms with Gasteiger partial charge in [0.25, 0.3) is 5.91 Å². The highest BCUT2D eigenvalue weighted by Gasteiger charge is 2.36. The van der Waals surface area contributed by atoms with Crippen LogP contribution in [-0.2, 0) is 4.79 Å².